The fourth-order valence-electron chi connectivity index (χ4n) is 2.36. The lowest BCUT2D eigenvalue weighted by Crippen LogP contribution is -2.43. The van der Waals surface area contributed by atoms with E-state index in [2.05, 4.69) is 0 Å². The topological polar surface area (TPSA) is 54.5 Å². The van der Waals surface area contributed by atoms with Crippen LogP contribution in [0.5, 0.6) is 0 Å². The maximum atomic E-state index is 12.7. The maximum absolute atomic E-state index is 12.7. The minimum absolute atomic E-state index is 0.205. The molecular weight excluding hydrogens is 318 g/mol. The summed E-state index contributed by atoms with van der Waals surface area (Å²) in [5, 5.41) is -0.776. The Labute approximate surface area is 134 Å². The lowest BCUT2D eigenvalue weighted by atomic mass is 10.1. The van der Waals surface area contributed by atoms with E-state index >= 15 is 0 Å². The van der Waals surface area contributed by atoms with Crippen molar-refractivity contribution in [3.63, 3.8) is 0 Å². The number of rotatable bonds is 2. The molecule has 0 aromatic heterocycles. The van der Waals surface area contributed by atoms with Gasteiger partial charge in [-0.15, -0.1) is 0 Å². The van der Waals surface area contributed by atoms with Crippen LogP contribution in [0.2, 0.25) is 0 Å². The number of aryl methyl sites for hydroxylation is 1. The van der Waals surface area contributed by atoms with Crippen LogP contribution >= 0.6 is 11.8 Å². The van der Waals surface area contributed by atoms with Crippen LogP contribution in [0.3, 0.4) is 0 Å². The van der Waals surface area contributed by atoms with E-state index in [0.29, 0.717) is 10.5 Å². The summed E-state index contributed by atoms with van der Waals surface area (Å²) >= 11 is 1.28. The second-order valence-electron chi connectivity index (χ2n) is 5.17. The summed E-state index contributed by atoms with van der Waals surface area (Å²) in [6.45, 7) is 1.90. The third kappa shape index (κ3) is 2.47. The Bertz CT molecular complexity index is 832. The molecule has 0 amide bonds. The molecule has 2 aromatic carbocycles. The van der Waals surface area contributed by atoms with Crippen molar-refractivity contribution in [1.82, 2.24) is 4.31 Å². The van der Waals surface area contributed by atoms with E-state index in [-0.39, 0.29) is 10.7 Å². The van der Waals surface area contributed by atoms with Gasteiger partial charge in [0.1, 0.15) is 5.37 Å². The molecule has 0 saturated heterocycles. The number of thioether (sulfide) groups is 1. The number of likely N-dealkylation sites (N-methyl/N-ethyl adjacent to an activating group) is 1. The number of hydrogen-bond acceptors (Lipinski definition) is 4. The van der Waals surface area contributed by atoms with E-state index in [1.54, 1.807) is 36.4 Å². The zero-order chi connectivity index (χ0) is 15.9. The van der Waals surface area contributed by atoms with Gasteiger partial charge in [0, 0.05) is 17.5 Å². The summed E-state index contributed by atoms with van der Waals surface area (Å²) in [6, 6.07) is 14.0. The van der Waals surface area contributed by atoms with Crippen molar-refractivity contribution in [3.8, 4) is 0 Å². The second kappa shape index (κ2) is 5.53. The number of carbonyl (C=O) groups is 1. The summed E-state index contributed by atoms with van der Waals surface area (Å²) < 4.78 is 26.4. The van der Waals surface area contributed by atoms with Crippen LogP contribution in [0.4, 0.5) is 0 Å². The summed E-state index contributed by atoms with van der Waals surface area (Å²) in [5.41, 5.74) is 1.48. The first kappa shape index (κ1) is 15.3. The molecule has 22 heavy (non-hydrogen) atoms. The summed E-state index contributed by atoms with van der Waals surface area (Å²) in [7, 11) is -2.19. The molecule has 1 unspecified atom stereocenters. The molecule has 0 radical (unpaired) electrons. The Morgan fingerprint density at radius 1 is 1.14 bits per heavy atom. The smallest absolute Gasteiger partial charge is 0.245 e. The van der Waals surface area contributed by atoms with Gasteiger partial charge >= 0.3 is 0 Å². The largest absolute Gasteiger partial charge is 0.291 e. The molecular formula is C16H15NO3S2. The maximum Gasteiger partial charge on any atom is 0.245 e. The molecule has 1 aliphatic heterocycles. The molecule has 0 fully saturated rings. The Hall–Kier alpha value is -1.63. The van der Waals surface area contributed by atoms with Crippen molar-refractivity contribution in [2.75, 3.05) is 7.05 Å². The van der Waals surface area contributed by atoms with E-state index < -0.39 is 15.4 Å². The third-order valence-corrected chi connectivity index (χ3v) is 7.10. The fourth-order valence-corrected chi connectivity index (χ4v) is 5.57. The van der Waals surface area contributed by atoms with Crippen LogP contribution in [0.1, 0.15) is 15.9 Å². The quantitative estimate of drug-likeness (QED) is 0.793. The fraction of sp³-hybridized carbons (Fsp3) is 0.188. The highest BCUT2D eigenvalue weighted by atomic mass is 32.2. The molecule has 3 rings (SSSR count). The van der Waals surface area contributed by atoms with E-state index in [1.807, 2.05) is 19.1 Å². The molecule has 0 spiro atoms. The number of ketones is 1. The van der Waals surface area contributed by atoms with Crippen molar-refractivity contribution < 1.29 is 13.2 Å². The molecule has 114 valence electrons. The van der Waals surface area contributed by atoms with Crippen LogP contribution in [0.25, 0.3) is 0 Å². The monoisotopic (exact) mass is 333 g/mol. The predicted molar refractivity (Wildman–Crippen MR) is 86.5 cm³/mol. The summed E-state index contributed by atoms with van der Waals surface area (Å²) in [5.74, 6) is -0.205. The molecule has 6 heteroatoms. The summed E-state index contributed by atoms with van der Waals surface area (Å²) in [6.07, 6.45) is 0. The Balaban J connectivity index is 2.07. The number of fused-ring (bicyclic) bond motifs is 1. The highest BCUT2D eigenvalue weighted by Crippen LogP contribution is 2.40. The number of benzene rings is 2. The predicted octanol–water partition coefficient (Wildman–Crippen LogP) is 2.93. The van der Waals surface area contributed by atoms with Gasteiger partial charge in [-0.1, -0.05) is 48.2 Å². The van der Waals surface area contributed by atoms with Gasteiger partial charge in [0.25, 0.3) is 0 Å². The number of nitrogens with zero attached hydrogens (tertiary/aromatic N) is 1. The van der Waals surface area contributed by atoms with Gasteiger partial charge in [0.05, 0.1) is 4.90 Å². The molecule has 1 heterocycles. The standard InChI is InChI=1S/C16H15NO3S2/c1-11-8-9-14-13(10-11)21-16(17(2)22(14,19)20)15(18)12-6-4-3-5-7-12/h3-10,16H,1-2H3. The first-order valence-corrected chi connectivity index (χ1v) is 9.08. The highest BCUT2D eigenvalue weighted by molar-refractivity contribution is 8.03. The van der Waals surface area contributed by atoms with Crippen LogP contribution in [0, 0.1) is 6.92 Å². The molecule has 4 nitrogen and oxygen atoms in total. The van der Waals surface area contributed by atoms with E-state index in [0.717, 1.165) is 9.87 Å². The van der Waals surface area contributed by atoms with Crippen LogP contribution < -0.4 is 0 Å². The van der Waals surface area contributed by atoms with E-state index in [9.17, 15) is 13.2 Å². The minimum Gasteiger partial charge on any atom is -0.291 e. The molecule has 2 aromatic rings. The number of sulfonamides is 1. The zero-order valence-electron chi connectivity index (χ0n) is 12.2. The Morgan fingerprint density at radius 3 is 2.50 bits per heavy atom. The van der Waals surface area contributed by atoms with Crippen LogP contribution in [-0.4, -0.2) is 30.9 Å². The Morgan fingerprint density at radius 2 is 1.82 bits per heavy atom. The van der Waals surface area contributed by atoms with Gasteiger partial charge in [-0.2, -0.15) is 4.31 Å². The Kier molecular flexibility index (Phi) is 3.84. The number of Topliss-reactive ketones (excluding diaryl/α,β-unsaturated/α-hetero) is 1. The molecule has 0 bridgehead atoms. The normalized spacial score (nSPS) is 20.4. The van der Waals surface area contributed by atoms with Crippen molar-refractivity contribution in [2.24, 2.45) is 0 Å². The lowest BCUT2D eigenvalue weighted by molar-refractivity contribution is 0.0955. The average Bonchev–Trinajstić information content (AvgIpc) is 2.51. The lowest BCUT2D eigenvalue weighted by Gasteiger charge is -2.31. The first-order chi connectivity index (χ1) is 10.4. The molecule has 0 aliphatic carbocycles. The van der Waals surface area contributed by atoms with Gasteiger partial charge in [-0.3, -0.25) is 4.79 Å². The second-order valence-corrected chi connectivity index (χ2v) is 8.26. The van der Waals surface area contributed by atoms with Crippen molar-refractivity contribution in [3.05, 3.63) is 59.7 Å². The van der Waals surface area contributed by atoms with Crippen molar-refractivity contribution >= 4 is 27.6 Å². The molecule has 0 saturated carbocycles. The average molecular weight is 333 g/mol. The van der Waals surface area contributed by atoms with Crippen molar-refractivity contribution in [2.45, 2.75) is 22.1 Å². The van der Waals surface area contributed by atoms with Crippen LogP contribution in [-0.2, 0) is 10.0 Å². The highest BCUT2D eigenvalue weighted by Gasteiger charge is 2.40. The van der Waals surface area contributed by atoms with Gasteiger partial charge in [0.2, 0.25) is 10.0 Å². The van der Waals surface area contributed by atoms with Gasteiger partial charge in [-0.05, 0) is 24.6 Å². The molecule has 0 N–H and O–H groups in total. The SMILES string of the molecule is Cc1ccc2c(c1)SC(C(=O)c1ccccc1)N(C)S2(=O)=O. The molecule has 1 aliphatic rings. The van der Waals surface area contributed by atoms with E-state index in [4.69, 9.17) is 0 Å². The van der Waals surface area contributed by atoms with Gasteiger partial charge < -0.3 is 0 Å². The summed E-state index contributed by atoms with van der Waals surface area (Å²) in [4.78, 5) is 13.6. The van der Waals surface area contributed by atoms with Crippen molar-refractivity contribution in [1.29, 1.82) is 0 Å². The number of hydrogen-bond donors (Lipinski definition) is 0. The zero-order valence-corrected chi connectivity index (χ0v) is 13.8. The molecule has 1 atom stereocenters. The third-order valence-electron chi connectivity index (χ3n) is 3.61. The first-order valence-electron chi connectivity index (χ1n) is 6.76. The van der Waals surface area contributed by atoms with Crippen LogP contribution in [0.15, 0.2) is 58.3 Å². The van der Waals surface area contributed by atoms with Gasteiger partial charge in [0.15, 0.2) is 5.78 Å². The van der Waals surface area contributed by atoms with E-state index in [1.165, 1.54) is 18.8 Å². The van der Waals surface area contributed by atoms with Gasteiger partial charge in [-0.25, -0.2) is 8.42 Å². The minimum atomic E-state index is -3.65. The number of carbonyl (C=O) groups excluding carboxylic acids is 1.